The van der Waals surface area contributed by atoms with E-state index >= 15 is 0 Å². The highest BCUT2D eigenvalue weighted by Gasteiger charge is 2.47. The number of carbonyl (C=O) groups excluding carboxylic acids is 3. The number of imide groups is 1. The molecule has 4 nitrogen and oxygen atoms in total. The fraction of sp³-hybridized carbons (Fsp3) is 0.769. The van der Waals surface area contributed by atoms with Gasteiger partial charge in [-0.3, -0.25) is 19.3 Å². The highest BCUT2D eigenvalue weighted by molar-refractivity contribution is 8.13. The number of hydrogen-bond donors (Lipinski definition) is 0. The molecular formula is C13H19NO3S. The highest BCUT2D eigenvalue weighted by Crippen LogP contribution is 2.37. The molecule has 1 aliphatic carbocycles. The molecule has 1 saturated carbocycles. The van der Waals surface area contributed by atoms with Crippen molar-refractivity contribution in [3.8, 4) is 0 Å². The monoisotopic (exact) mass is 269 g/mol. The molecule has 0 N–H and O–H groups in total. The van der Waals surface area contributed by atoms with Gasteiger partial charge in [-0.05, 0) is 19.3 Å². The molecule has 2 atom stereocenters. The molecule has 1 saturated heterocycles. The molecule has 0 aromatic rings. The number of likely N-dealkylation sites (tertiary alicyclic amines) is 1. The lowest BCUT2D eigenvalue weighted by Gasteiger charge is -2.19. The second kappa shape index (κ2) is 5.87. The van der Waals surface area contributed by atoms with Gasteiger partial charge in [-0.15, -0.1) is 0 Å². The topological polar surface area (TPSA) is 54.5 Å². The molecule has 0 aromatic carbocycles. The Morgan fingerprint density at radius 2 is 1.78 bits per heavy atom. The molecule has 100 valence electrons. The van der Waals surface area contributed by atoms with Crippen LogP contribution in [0.25, 0.3) is 0 Å². The summed E-state index contributed by atoms with van der Waals surface area (Å²) in [5.74, 6) is 0.635. The fourth-order valence-corrected chi connectivity index (χ4v) is 3.45. The van der Waals surface area contributed by atoms with Gasteiger partial charge in [0.05, 0.1) is 11.8 Å². The van der Waals surface area contributed by atoms with Gasteiger partial charge < -0.3 is 0 Å². The predicted octanol–water partition coefficient (Wildman–Crippen LogP) is 1.83. The van der Waals surface area contributed by atoms with Crippen LogP contribution >= 0.6 is 11.8 Å². The lowest BCUT2D eigenvalue weighted by Crippen LogP contribution is -2.32. The Morgan fingerprint density at radius 1 is 1.22 bits per heavy atom. The van der Waals surface area contributed by atoms with E-state index in [2.05, 4.69) is 0 Å². The van der Waals surface area contributed by atoms with Gasteiger partial charge in [-0.1, -0.05) is 24.6 Å². The first-order chi connectivity index (χ1) is 8.61. The second-order valence-electron chi connectivity index (χ2n) is 5.02. The molecule has 2 aliphatic rings. The average molecular weight is 269 g/mol. The van der Waals surface area contributed by atoms with Crippen molar-refractivity contribution < 1.29 is 14.4 Å². The van der Waals surface area contributed by atoms with Crippen molar-refractivity contribution in [2.45, 2.75) is 39.0 Å². The first-order valence-electron chi connectivity index (χ1n) is 6.60. The second-order valence-corrected chi connectivity index (χ2v) is 6.29. The third-order valence-corrected chi connectivity index (χ3v) is 4.66. The van der Waals surface area contributed by atoms with E-state index in [0.717, 1.165) is 25.7 Å². The first kappa shape index (κ1) is 13.6. The van der Waals surface area contributed by atoms with Gasteiger partial charge in [0.25, 0.3) is 0 Å². The van der Waals surface area contributed by atoms with Crippen molar-refractivity contribution in [2.75, 3.05) is 12.3 Å². The van der Waals surface area contributed by atoms with Crippen LogP contribution in [0.4, 0.5) is 0 Å². The van der Waals surface area contributed by atoms with E-state index in [0.29, 0.717) is 18.7 Å². The zero-order valence-electron chi connectivity index (χ0n) is 10.7. The SMILES string of the molecule is CC(=O)SCCCN1C(=O)[C@H]2CCCC[C@H]2C1=O. The summed E-state index contributed by atoms with van der Waals surface area (Å²) in [4.78, 5) is 36.4. The quantitative estimate of drug-likeness (QED) is 0.577. The van der Waals surface area contributed by atoms with E-state index in [1.807, 2.05) is 0 Å². The maximum absolute atomic E-state index is 12.1. The molecule has 2 fully saturated rings. The standard InChI is InChI=1S/C13H19NO3S/c1-9(15)18-8-4-7-14-12(16)10-5-2-3-6-11(10)13(14)17/h10-11H,2-8H2,1H3/t10-,11+. The molecule has 0 radical (unpaired) electrons. The zero-order chi connectivity index (χ0) is 13.1. The molecular weight excluding hydrogens is 250 g/mol. The lowest BCUT2D eigenvalue weighted by molar-refractivity contribution is -0.139. The van der Waals surface area contributed by atoms with Crippen LogP contribution in [0.1, 0.15) is 39.0 Å². The number of amides is 2. The van der Waals surface area contributed by atoms with Crippen LogP contribution in [-0.2, 0) is 14.4 Å². The summed E-state index contributed by atoms with van der Waals surface area (Å²) < 4.78 is 0. The van der Waals surface area contributed by atoms with Crippen LogP contribution in [0, 0.1) is 11.8 Å². The minimum Gasteiger partial charge on any atom is -0.288 e. The fourth-order valence-electron chi connectivity index (χ4n) is 2.89. The Kier molecular flexibility index (Phi) is 4.43. The summed E-state index contributed by atoms with van der Waals surface area (Å²) in [6.07, 6.45) is 4.57. The summed E-state index contributed by atoms with van der Waals surface area (Å²) >= 11 is 1.25. The largest absolute Gasteiger partial charge is 0.288 e. The average Bonchev–Trinajstić information content (AvgIpc) is 2.59. The summed E-state index contributed by atoms with van der Waals surface area (Å²) in [6.45, 7) is 2.01. The van der Waals surface area contributed by atoms with Crippen molar-refractivity contribution in [3.63, 3.8) is 0 Å². The molecule has 5 heteroatoms. The summed E-state index contributed by atoms with van der Waals surface area (Å²) in [7, 11) is 0. The Labute approximate surface area is 111 Å². The van der Waals surface area contributed by atoms with Crippen LogP contribution in [0.3, 0.4) is 0 Å². The number of nitrogens with zero attached hydrogens (tertiary/aromatic N) is 1. The molecule has 0 spiro atoms. The number of carbonyl (C=O) groups is 3. The number of rotatable bonds is 4. The van der Waals surface area contributed by atoms with Crippen LogP contribution in [-0.4, -0.2) is 34.1 Å². The van der Waals surface area contributed by atoms with Crippen molar-refractivity contribution >= 4 is 28.7 Å². The van der Waals surface area contributed by atoms with E-state index in [9.17, 15) is 14.4 Å². The van der Waals surface area contributed by atoms with Crippen LogP contribution in [0.5, 0.6) is 0 Å². The molecule has 18 heavy (non-hydrogen) atoms. The summed E-state index contributed by atoms with van der Waals surface area (Å²) in [5.41, 5.74) is 0. The van der Waals surface area contributed by atoms with E-state index in [-0.39, 0.29) is 28.8 Å². The smallest absolute Gasteiger partial charge is 0.233 e. The van der Waals surface area contributed by atoms with Crippen molar-refractivity contribution in [3.05, 3.63) is 0 Å². The van der Waals surface area contributed by atoms with Crippen LogP contribution < -0.4 is 0 Å². The maximum atomic E-state index is 12.1. The van der Waals surface area contributed by atoms with Gasteiger partial charge in [-0.2, -0.15) is 0 Å². The molecule has 0 bridgehead atoms. The van der Waals surface area contributed by atoms with Gasteiger partial charge in [-0.25, -0.2) is 0 Å². The van der Waals surface area contributed by atoms with Gasteiger partial charge in [0, 0.05) is 19.2 Å². The lowest BCUT2D eigenvalue weighted by atomic mass is 9.81. The Hall–Kier alpha value is -0.840. The van der Waals surface area contributed by atoms with E-state index in [4.69, 9.17) is 0 Å². The molecule has 0 unspecified atom stereocenters. The van der Waals surface area contributed by atoms with Crippen LogP contribution in [0.15, 0.2) is 0 Å². The Morgan fingerprint density at radius 3 is 2.28 bits per heavy atom. The normalized spacial score (nSPS) is 27.5. The predicted molar refractivity (Wildman–Crippen MR) is 69.9 cm³/mol. The number of hydrogen-bond acceptors (Lipinski definition) is 4. The first-order valence-corrected chi connectivity index (χ1v) is 7.58. The molecule has 1 heterocycles. The molecule has 2 rings (SSSR count). The van der Waals surface area contributed by atoms with Gasteiger partial charge in [0.2, 0.25) is 11.8 Å². The molecule has 1 aliphatic heterocycles. The molecule has 2 amide bonds. The van der Waals surface area contributed by atoms with Gasteiger partial charge in [0.15, 0.2) is 5.12 Å². The van der Waals surface area contributed by atoms with Crippen LogP contribution in [0.2, 0.25) is 0 Å². The van der Waals surface area contributed by atoms with E-state index < -0.39 is 0 Å². The van der Waals surface area contributed by atoms with Crippen molar-refractivity contribution in [1.82, 2.24) is 4.90 Å². The zero-order valence-corrected chi connectivity index (χ0v) is 11.5. The maximum Gasteiger partial charge on any atom is 0.233 e. The minimum absolute atomic E-state index is 0.0255. The number of thioether (sulfide) groups is 1. The van der Waals surface area contributed by atoms with E-state index in [1.54, 1.807) is 0 Å². The van der Waals surface area contributed by atoms with Crippen molar-refractivity contribution in [2.24, 2.45) is 11.8 Å². The Balaban J connectivity index is 1.87. The third kappa shape index (κ3) is 2.76. The summed E-state index contributed by atoms with van der Waals surface area (Å²) in [5, 5.41) is 0.0859. The summed E-state index contributed by atoms with van der Waals surface area (Å²) in [6, 6.07) is 0. The minimum atomic E-state index is -0.0493. The molecule has 0 aromatic heterocycles. The highest BCUT2D eigenvalue weighted by atomic mass is 32.2. The van der Waals surface area contributed by atoms with E-state index in [1.165, 1.54) is 23.6 Å². The van der Waals surface area contributed by atoms with Crippen molar-refractivity contribution in [1.29, 1.82) is 0 Å². The van der Waals surface area contributed by atoms with Gasteiger partial charge in [0.1, 0.15) is 0 Å². The Bertz CT molecular complexity index is 345. The van der Waals surface area contributed by atoms with Gasteiger partial charge >= 0.3 is 0 Å². The third-order valence-electron chi connectivity index (χ3n) is 3.76. The number of fused-ring (bicyclic) bond motifs is 1.